The molecule has 4 aliphatic rings. The smallest absolute Gasteiger partial charge is 0.0637 e. The van der Waals surface area contributed by atoms with Crippen LogP contribution in [-0.2, 0) is 14.2 Å². The summed E-state index contributed by atoms with van der Waals surface area (Å²) >= 11 is 0. The zero-order chi connectivity index (χ0) is 28.8. The summed E-state index contributed by atoms with van der Waals surface area (Å²) in [5.41, 5.74) is 18.0. The average molecular weight is 566 g/mol. The molecule has 4 fully saturated rings. The van der Waals surface area contributed by atoms with Gasteiger partial charge < -0.3 is 36.5 Å². The van der Waals surface area contributed by atoms with Crippen molar-refractivity contribution in [2.75, 3.05) is 46.1 Å². The third-order valence-corrected chi connectivity index (χ3v) is 12.3. The second-order valence-electron chi connectivity index (χ2n) is 14.3. The molecule has 0 aliphatic heterocycles. The molecule has 3 unspecified atom stereocenters. The zero-order valence-corrected chi connectivity index (χ0v) is 26.0. The quantitative estimate of drug-likeness (QED) is 0.203. The lowest BCUT2D eigenvalue weighted by atomic mass is 9.43. The summed E-state index contributed by atoms with van der Waals surface area (Å²) in [5.74, 6) is 3.60. The second-order valence-corrected chi connectivity index (χ2v) is 14.3. The van der Waals surface area contributed by atoms with Gasteiger partial charge in [-0.05, 0) is 138 Å². The van der Waals surface area contributed by atoms with E-state index in [9.17, 15) is 5.11 Å². The first kappa shape index (κ1) is 32.6. The van der Waals surface area contributed by atoms with Crippen molar-refractivity contribution >= 4 is 0 Å². The number of hydrogen-bond acceptors (Lipinski definition) is 7. The molecule has 7 N–H and O–H groups in total. The van der Waals surface area contributed by atoms with Gasteiger partial charge in [-0.15, -0.1) is 0 Å². The highest BCUT2D eigenvalue weighted by molar-refractivity contribution is 5.15. The van der Waals surface area contributed by atoms with Crippen molar-refractivity contribution in [3.63, 3.8) is 0 Å². The Kier molecular flexibility index (Phi) is 12.2. The standard InChI is InChI=1S/C33H63N3O4/c1-23(8-4-16-37)26-9-10-27-31-28(22-30(33(26,27)3)40-19-7-15-36)32(2)12-11-25(38-17-5-13-34)20-24(32)21-29(31)39-18-6-14-35/h23-31,37H,4-22,34-36H2,1-3H3/t23-,24?,25-,26-,27+,28+,29?,30+,31?,32+,33-/m1/s1. The predicted molar refractivity (Wildman–Crippen MR) is 162 cm³/mol. The van der Waals surface area contributed by atoms with Gasteiger partial charge in [-0.2, -0.15) is 0 Å². The van der Waals surface area contributed by atoms with Gasteiger partial charge in [0.1, 0.15) is 0 Å². The maximum absolute atomic E-state index is 9.58. The first-order valence-corrected chi connectivity index (χ1v) is 16.9. The number of rotatable bonds is 16. The minimum atomic E-state index is 0.131. The first-order valence-electron chi connectivity index (χ1n) is 16.9. The molecule has 0 aromatic rings. The predicted octanol–water partition coefficient (Wildman–Crippen LogP) is 4.48. The minimum absolute atomic E-state index is 0.131. The number of hydrogen-bond donors (Lipinski definition) is 4. The number of ether oxygens (including phenoxy) is 3. The van der Waals surface area contributed by atoms with Gasteiger partial charge in [-0.1, -0.05) is 20.8 Å². The molecule has 0 aromatic heterocycles. The number of fused-ring (bicyclic) bond motifs is 5. The molecule has 0 aromatic carbocycles. The first-order chi connectivity index (χ1) is 19.3. The van der Waals surface area contributed by atoms with Gasteiger partial charge in [0, 0.05) is 31.8 Å². The van der Waals surface area contributed by atoms with Crippen LogP contribution < -0.4 is 17.2 Å². The molecule has 4 saturated carbocycles. The van der Waals surface area contributed by atoms with E-state index >= 15 is 0 Å². The van der Waals surface area contributed by atoms with E-state index in [0.717, 1.165) is 77.6 Å². The molecule has 0 bridgehead atoms. The number of aliphatic hydroxyl groups excluding tert-OH is 1. The van der Waals surface area contributed by atoms with Crippen molar-refractivity contribution in [2.45, 2.75) is 116 Å². The van der Waals surface area contributed by atoms with Crippen molar-refractivity contribution in [3.05, 3.63) is 0 Å². The maximum Gasteiger partial charge on any atom is 0.0637 e. The van der Waals surface area contributed by atoms with E-state index in [1.807, 2.05) is 0 Å². The lowest BCUT2D eigenvalue weighted by molar-refractivity contribution is -0.227. The van der Waals surface area contributed by atoms with Crippen molar-refractivity contribution in [1.82, 2.24) is 0 Å². The Bertz CT molecular complexity index is 757. The molecule has 11 atom stereocenters. The summed E-state index contributed by atoms with van der Waals surface area (Å²) in [6.45, 7) is 12.2. The molecule has 0 amide bonds. The highest BCUT2D eigenvalue weighted by atomic mass is 16.5. The van der Waals surface area contributed by atoms with Crippen LogP contribution in [0, 0.1) is 46.3 Å². The van der Waals surface area contributed by atoms with Gasteiger partial charge in [-0.25, -0.2) is 0 Å². The van der Waals surface area contributed by atoms with E-state index in [4.69, 9.17) is 31.4 Å². The molecule has 0 saturated heterocycles. The fourth-order valence-electron chi connectivity index (χ4n) is 10.2. The molecule has 7 heteroatoms. The lowest BCUT2D eigenvalue weighted by Gasteiger charge is -2.65. The fraction of sp³-hybridized carbons (Fsp3) is 1.00. The summed E-state index contributed by atoms with van der Waals surface area (Å²) < 4.78 is 20.1. The zero-order valence-electron chi connectivity index (χ0n) is 26.0. The van der Waals surface area contributed by atoms with Crippen molar-refractivity contribution in [2.24, 2.45) is 63.5 Å². The Balaban J connectivity index is 1.64. The molecule has 234 valence electrons. The molecule has 4 rings (SSSR count). The van der Waals surface area contributed by atoms with Crippen molar-refractivity contribution in [1.29, 1.82) is 0 Å². The second kappa shape index (κ2) is 14.9. The summed E-state index contributed by atoms with van der Waals surface area (Å²) in [7, 11) is 0. The van der Waals surface area contributed by atoms with E-state index in [1.165, 1.54) is 19.3 Å². The van der Waals surface area contributed by atoms with Crippen LogP contribution >= 0.6 is 0 Å². The Hall–Kier alpha value is -0.280. The number of nitrogens with two attached hydrogens (primary N) is 3. The molecular formula is C33H63N3O4. The highest BCUT2D eigenvalue weighted by Crippen LogP contribution is 2.69. The van der Waals surface area contributed by atoms with Crippen LogP contribution in [0.3, 0.4) is 0 Å². The van der Waals surface area contributed by atoms with Crippen LogP contribution in [0.25, 0.3) is 0 Å². The SMILES string of the molecule is C[C@H](CCCO)[C@H]1CC[C@H]2C3C(OCCCN)CC4C[C@H](OCCCN)CC[C@]4(C)[C@H]3C[C@H](OCCCN)[C@]12C. The largest absolute Gasteiger partial charge is 0.396 e. The van der Waals surface area contributed by atoms with Crippen molar-refractivity contribution < 1.29 is 19.3 Å². The normalized spacial score (nSPS) is 41.8. The minimum Gasteiger partial charge on any atom is -0.396 e. The molecular weight excluding hydrogens is 502 g/mol. The Morgan fingerprint density at radius 1 is 0.800 bits per heavy atom. The number of aliphatic hydroxyl groups is 1. The monoisotopic (exact) mass is 565 g/mol. The van der Waals surface area contributed by atoms with E-state index in [-0.39, 0.29) is 18.1 Å². The molecule has 40 heavy (non-hydrogen) atoms. The summed E-state index contributed by atoms with van der Waals surface area (Å²) in [4.78, 5) is 0. The van der Waals surface area contributed by atoms with E-state index in [2.05, 4.69) is 20.8 Å². The van der Waals surface area contributed by atoms with Crippen molar-refractivity contribution in [3.8, 4) is 0 Å². The van der Waals surface area contributed by atoms with Gasteiger partial charge in [0.15, 0.2) is 0 Å². The summed E-state index contributed by atoms with van der Waals surface area (Å²) in [5, 5.41) is 9.58. The van der Waals surface area contributed by atoms with Gasteiger partial charge in [-0.3, -0.25) is 0 Å². The van der Waals surface area contributed by atoms with E-state index in [1.54, 1.807) is 0 Å². The third-order valence-electron chi connectivity index (χ3n) is 12.3. The topological polar surface area (TPSA) is 126 Å². The van der Waals surface area contributed by atoms with E-state index < -0.39 is 0 Å². The van der Waals surface area contributed by atoms with Crippen LogP contribution in [-0.4, -0.2) is 69.5 Å². The Labute approximate surface area is 245 Å². The van der Waals surface area contributed by atoms with Crippen LogP contribution in [0.4, 0.5) is 0 Å². The summed E-state index contributed by atoms with van der Waals surface area (Å²) in [6, 6.07) is 0. The summed E-state index contributed by atoms with van der Waals surface area (Å²) in [6.07, 6.45) is 14.0. The van der Waals surface area contributed by atoms with Gasteiger partial charge in [0.2, 0.25) is 0 Å². The Morgan fingerprint density at radius 2 is 1.48 bits per heavy atom. The maximum atomic E-state index is 9.58. The highest BCUT2D eigenvalue weighted by Gasteiger charge is 2.66. The van der Waals surface area contributed by atoms with Crippen LogP contribution in [0.5, 0.6) is 0 Å². The fourth-order valence-corrected chi connectivity index (χ4v) is 10.2. The average Bonchev–Trinajstić information content (AvgIpc) is 3.31. The Morgan fingerprint density at radius 3 is 2.15 bits per heavy atom. The van der Waals surface area contributed by atoms with E-state index in [0.29, 0.717) is 72.8 Å². The molecule has 0 radical (unpaired) electrons. The molecule has 4 aliphatic carbocycles. The third kappa shape index (κ3) is 6.61. The van der Waals surface area contributed by atoms with Crippen LogP contribution in [0.1, 0.15) is 97.8 Å². The molecule has 7 nitrogen and oxygen atoms in total. The molecule has 0 heterocycles. The van der Waals surface area contributed by atoms with Gasteiger partial charge in [0.25, 0.3) is 0 Å². The van der Waals surface area contributed by atoms with Gasteiger partial charge >= 0.3 is 0 Å². The van der Waals surface area contributed by atoms with Crippen LogP contribution in [0.2, 0.25) is 0 Å². The van der Waals surface area contributed by atoms with Gasteiger partial charge in [0.05, 0.1) is 18.3 Å². The lowest BCUT2D eigenvalue weighted by Crippen LogP contribution is -2.63. The molecule has 0 spiro atoms. The van der Waals surface area contributed by atoms with Crippen LogP contribution in [0.15, 0.2) is 0 Å².